The van der Waals surface area contributed by atoms with Crippen molar-refractivity contribution in [1.82, 2.24) is 0 Å². The molecule has 0 bridgehead atoms. The highest BCUT2D eigenvalue weighted by Crippen LogP contribution is 2.53. The van der Waals surface area contributed by atoms with E-state index in [4.69, 9.17) is 0 Å². The van der Waals surface area contributed by atoms with Crippen molar-refractivity contribution in [3.8, 4) is 0 Å². The molecule has 32 heavy (non-hydrogen) atoms. The summed E-state index contributed by atoms with van der Waals surface area (Å²) >= 11 is 12.2. The number of hydrogen-bond donors (Lipinski definition) is 2. The summed E-state index contributed by atoms with van der Waals surface area (Å²) in [4.78, 5) is 2.31. The van der Waals surface area contributed by atoms with Gasteiger partial charge in [-0.1, -0.05) is 26.7 Å². The zero-order chi connectivity index (χ0) is 22.8. The second kappa shape index (κ2) is 15.6. The van der Waals surface area contributed by atoms with Crippen LogP contribution in [0, 0.1) is 11.8 Å². The molecule has 0 amide bonds. The number of rotatable bonds is 14. The molecule has 2 nitrogen and oxygen atoms in total. The van der Waals surface area contributed by atoms with E-state index >= 15 is 0 Å². The minimum Gasteiger partial charge on any atom is -0.391 e. The highest BCUT2D eigenvalue weighted by atomic mass is 32.2. The number of unbranched alkanes of at least 4 members (excludes halogenated alkanes) is 2. The van der Waals surface area contributed by atoms with E-state index < -0.39 is 0 Å². The first-order valence-corrected chi connectivity index (χ1v) is 17.9. The SMILES string of the molecule is CCCCSC(C1CCC(C(SCCCC)C2SC=C(CO)S2)CC1)C1SC=C(CO)S1. The number of hydrogen-bond acceptors (Lipinski definition) is 8. The molecule has 2 aliphatic heterocycles. The van der Waals surface area contributed by atoms with Gasteiger partial charge in [0.2, 0.25) is 0 Å². The van der Waals surface area contributed by atoms with Gasteiger partial charge in [-0.15, -0.1) is 47.0 Å². The van der Waals surface area contributed by atoms with Crippen LogP contribution in [0.5, 0.6) is 0 Å². The van der Waals surface area contributed by atoms with Crippen LogP contribution in [0.25, 0.3) is 0 Å². The monoisotopic (exact) mass is 552 g/mol. The average molecular weight is 553 g/mol. The van der Waals surface area contributed by atoms with Crippen LogP contribution in [-0.2, 0) is 0 Å². The average Bonchev–Trinajstić information content (AvgIpc) is 3.50. The molecule has 1 aliphatic carbocycles. The maximum atomic E-state index is 9.58. The van der Waals surface area contributed by atoms with Crippen LogP contribution in [0.15, 0.2) is 20.6 Å². The third-order valence-corrected chi connectivity index (χ3v) is 15.9. The molecule has 3 aliphatic rings. The van der Waals surface area contributed by atoms with Gasteiger partial charge in [0.1, 0.15) is 0 Å². The fourth-order valence-corrected chi connectivity index (χ4v) is 14.3. The summed E-state index contributed by atoms with van der Waals surface area (Å²) in [6, 6.07) is 0. The van der Waals surface area contributed by atoms with Crippen LogP contribution >= 0.6 is 70.6 Å². The van der Waals surface area contributed by atoms with Crippen molar-refractivity contribution >= 4 is 70.6 Å². The lowest BCUT2D eigenvalue weighted by atomic mass is 9.79. The Morgan fingerprint density at radius 2 is 1.19 bits per heavy atom. The van der Waals surface area contributed by atoms with Gasteiger partial charge in [0.15, 0.2) is 0 Å². The summed E-state index contributed by atoms with van der Waals surface area (Å²) < 4.78 is 1.15. The second-order valence-electron chi connectivity index (χ2n) is 8.78. The molecule has 8 heteroatoms. The summed E-state index contributed by atoms with van der Waals surface area (Å²) in [5.74, 6) is 4.16. The first kappa shape index (κ1) is 28.1. The van der Waals surface area contributed by atoms with E-state index in [0.717, 1.165) is 21.6 Å². The fraction of sp³-hybridized carbons (Fsp3) is 0.833. The van der Waals surface area contributed by atoms with Gasteiger partial charge in [-0.05, 0) is 72.7 Å². The molecule has 0 aromatic rings. The standard InChI is InChI=1S/C24H40O2S6/c1-3-5-11-27-21(23-29-15-19(13-25)31-23)17-7-9-18(10-8-17)22(28-12-6-4-2)24-30-16-20(14-26)32-24/h15-18,21-26H,3-14H2,1-2H3. The van der Waals surface area contributed by atoms with Gasteiger partial charge >= 0.3 is 0 Å². The molecular formula is C24H40O2S6. The molecule has 3 rings (SSSR count). The Balaban J connectivity index is 1.57. The fourth-order valence-electron chi connectivity index (χ4n) is 4.54. The maximum absolute atomic E-state index is 9.58. The van der Waals surface area contributed by atoms with Crippen LogP contribution in [0.4, 0.5) is 0 Å². The van der Waals surface area contributed by atoms with Gasteiger partial charge in [-0.3, -0.25) is 0 Å². The lowest BCUT2D eigenvalue weighted by molar-refractivity contribution is 0.272. The van der Waals surface area contributed by atoms with Crippen molar-refractivity contribution in [2.45, 2.75) is 84.9 Å². The van der Waals surface area contributed by atoms with Crippen LogP contribution < -0.4 is 0 Å². The van der Waals surface area contributed by atoms with Gasteiger partial charge in [0, 0.05) is 20.3 Å². The van der Waals surface area contributed by atoms with Crippen molar-refractivity contribution < 1.29 is 10.2 Å². The largest absolute Gasteiger partial charge is 0.391 e. The predicted octanol–water partition coefficient (Wildman–Crippen LogP) is 7.88. The van der Waals surface area contributed by atoms with E-state index in [1.54, 1.807) is 0 Å². The van der Waals surface area contributed by atoms with Gasteiger partial charge in [-0.2, -0.15) is 23.5 Å². The molecule has 0 saturated heterocycles. The Hall–Kier alpha value is 1.50. The highest BCUT2D eigenvalue weighted by molar-refractivity contribution is 8.24. The number of aliphatic hydroxyl groups is 2. The molecule has 2 N–H and O–H groups in total. The highest BCUT2D eigenvalue weighted by Gasteiger charge is 2.40. The van der Waals surface area contributed by atoms with Crippen molar-refractivity contribution in [1.29, 1.82) is 0 Å². The van der Waals surface area contributed by atoms with Gasteiger partial charge in [-0.25, -0.2) is 0 Å². The molecule has 184 valence electrons. The molecule has 1 fully saturated rings. The minimum absolute atomic E-state index is 0.199. The first-order chi connectivity index (χ1) is 15.7. The first-order valence-electron chi connectivity index (χ1n) is 12.2. The maximum Gasteiger partial charge on any atom is 0.0746 e. The molecule has 1 saturated carbocycles. The number of aliphatic hydroxyl groups excluding tert-OH is 2. The molecule has 0 aromatic heterocycles. The van der Waals surface area contributed by atoms with Crippen LogP contribution in [0.1, 0.15) is 65.2 Å². The van der Waals surface area contributed by atoms with E-state index in [0.29, 0.717) is 19.7 Å². The van der Waals surface area contributed by atoms with Crippen LogP contribution in [0.2, 0.25) is 0 Å². The van der Waals surface area contributed by atoms with E-state index in [1.165, 1.54) is 62.9 Å². The lowest BCUT2D eigenvalue weighted by Gasteiger charge is -2.39. The Labute approximate surface area is 221 Å². The second-order valence-corrected chi connectivity index (χ2v) is 16.5. The zero-order valence-corrected chi connectivity index (χ0v) is 24.3. The van der Waals surface area contributed by atoms with Crippen molar-refractivity contribution in [2.75, 3.05) is 24.7 Å². The van der Waals surface area contributed by atoms with E-state index in [2.05, 4.69) is 48.2 Å². The smallest absolute Gasteiger partial charge is 0.0746 e. The van der Waals surface area contributed by atoms with Gasteiger partial charge in [0.25, 0.3) is 0 Å². The van der Waals surface area contributed by atoms with Crippen LogP contribution in [0.3, 0.4) is 0 Å². The minimum atomic E-state index is 0.199. The Kier molecular flexibility index (Phi) is 13.7. The normalized spacial score (nSPS) is 30.2. The molecule has 4 atom stereocenters. The molecular weight excluding hydrogens is 513 g/mol. The molecule has 0 aromatic carbocycles. The van der Waals surface area contributed by atoms with E-state index in [-0.39, 0.29) is 13.2 Å². The Morgan fingerprint density at radius 3 is 1.50 bits per heavy atom. The quantitative estimate of drug-likeness (QED) is 0.211. The summed E-state index contributed by atoms with van der Waals surface area (Å²) in [6.07, 6.45) is 10.6. The Morgan fingerprint density at radius 1 is 0.781 bits per heavy atom. The predicted molar refractivity (Wildman–Crippen MR) is 156 cm³/mol. The zero-order valence-electron chi connectivity index (χ0n) is 19.4. The van der Waals surface area contributed by atoms with Crippen LogP contribution in [-0.4, -0.2) is 54.6 Å². The van der Waals surface area contributed by atoms with Crippen molar-refractivity contribution in [2.24, 2.45) is 11.8 Å². The third-order valence-electron chi connectivity index (χ3n) is 6.41. The van der Waals surface area contributed by atoms with E-state index in [1.807, 2.05) is 47.0 Å². The third kappa shape index (κ3) is 8.28. The molecule has 0 spiro atoms. The lowest BCUT2D eigenvalue weighted by Crippen LogP contribution is -2.34. The summed E-state index contributed by atoms with van der Waals surface area (Å²) in [6.45, 7) is 4.98. The van der Waals surface area contributed by atoms with Gasteiger partial charge < -0.3 is 10.2 Å². The topological polar surface area (TPSA) is 40.5 Å². The molecule has 2 heterocycles. The summed E-state index contributed by atoms with van der Waals surface area (Å²) in [7, 11) is 0. The molecule has 0 radical (unpaired) electrons. The van der Waals surface area contributed by atoms with E-state index in [9.17, 15) is 10.2 Å². The van der Waals surface area contributed by atoms with Crippen molar-refractivity contribution in [3.05, 3.63) is 20.6 Å². The van der Waals surface area contributed by atoms with Crippen molar-refractivity contribution in [3.63, 3.8) is 0 Å². The van der Waals surface area contributed by atoms with Gasteiger partial charge in [0.05, 0.1) is 22.4 Å². The summed E-state index contributed by atoms with van der Waals surface area (Å²) in [5.41, 5.74) is 0. The summed E-state index contributed by atoms with van der Waals surface area (Å²) in [5, 5.41) is 25.0. The Bertz CT molecular complexity index is 553. The number of thioether (sulfide) groups is 6. The molecule has 4 unspecified atom stereocenters.